The van der Waals surface area contributed by atoms with E-state index in [1.54, 1.807) is 19.1 Å². The minimum atomic E-state index is -1.16. The number of benzene rings is 2. The number of rotatable bonds is 5. The molecule has 10 heteroatoms. The lowest BCUT2D eigenvalue weighted by molar-refractivity contribution is -0.139. The number of ether oxygens (including phenoxy) is 1. The summed E-state index contributed by atoms with van der Waals surface area (Å²) in [5.74, 6) is -2.71. The van der Waals surface area contributed by atoms with Crippen molar-refractivity contribution in [2.75, 3.05) is 11.5 Å². The van der Waals surface area contributed by atoms with E-state index in [4.69, 9.17) is 33.0 Å². The van der Waals surface area contributed by atoms with Crippen molar-refractivity contribution in [2.24, 2.45) is 0 Å². The first kappa shape index (κ1) is 21.4. The molecule has 4 amide bonds. The summed E-state index contributed by atoms with van der Waals surface area (Å²) in [4.78, 5) is 49.0. The second kappa shape index (κ2) is 8.56. The topological polar surface area (TPSA) is 113 Å². The van der Waals surface area contributed by atoms with Crippen molar-refractivity contribution in [3.63, 3.8) is 0 Å². The zero-order valence-electron chi connectivity index (χ0n) is 15.4. The van der Waals surface area contributed by atoms with E-state index in [1.807, 2.05) is 0 Å². The number of imide groups is 2. The van der Waals surface area contributed by atoms with E-state index in [0.29, 0.717) is 16.1 Å². The number of nitrogens with one attached hydrogen (secondary N) is 1. The van der Waals surface area contributed by atoms with E-state index in [-0.39, 0.29) is 22.0 Å². The average Bonchev–Trinajstić information content (AvgIpc) is 2.67. The highest BCUT2D eigenvalue weighted by Crippen LogP contribution is 2.30. The van der Waals surface area contributed by atoms with Crippen molar-refractivity contribution in [1.82, 2.24) is 5.32 Å². The fourth-order valence-corrected chi connectivity index (χ4v) is 3.14. The van der Waals surface area contributed by atoms with Gasteiger partial charge in [0.15, 0.2) is 6.61 Å². The number of carbonyl (C=O) groups excluding carboxylic acids is 3. The van der Waals surface area contributed by atoms with Gasteiger partial charge in [-0.15, -0.1) is 0 Å². The van der Waals surface area contributed by atoms with Gasteiger partial charge in [-0.1, -0.05) is 35.3 Å². The van der Waals surface area contributed by atoms with E-state index in [2.05, 4.69) is 5.32 Å². The Balaban J connectivity index is 1.95. The summed E-state index contributed by atoms with van der Waals surface area (Å²) in [5, 5.41) is 11.2. The molecule has 30 heavy (non-hydrogen) atoms. The summed E-state index contributed by atoms with van der Waals surface area (Å²) in [5.41, 5.74) is 0.945. The Labute approximate surface area is 180 Å². The predicted octanol–water partition coefficient (Wildman–Crippen LogP) is 3.43. The summed E-state index contributed by atoms with van der Waals surface area (Å²) < 4.78 is 5.03. The molecule has 2 aromatic rings. The molecule has 2 aromatic carbocycles. The van der Waals surface area contributed by atoms with Gasteiger partial charge >= 0.3 is 12.0 Å². The highest BCUT2D eigenvalue weighted by Gasteiger charge is 2.37. The predicted molar refractivity (Wildman–Crippen MR) is 110 cm³/mol. The van der Waals surface area contributed by atoms with E-state index >= 15 is 0 Å². The summed E-state index contributed by atoms with van der Waals surface area (Å²) in [6, 6.07) is 8.13. The number of barbiturate groups is 1. The Morgan fingerprint density at radius 3 is 2.57 bits per heavy atom. The quantitative estimate of drug-likeness (QED) is 0.534. The molecule has 0 bridgehead atoms. The molecule has 1 aliphatic rings. The number of anilines is 1. The molecule has 8 nitrogen and oxygen atoms in total. The van der Waals surface area contributed by atoms with Crippen LogP contribution < -0.4 is 15.0 Å². The van der Waals surface area contributed by atoms with E-state index in [9.17, 15) is 19.2 Å². The Kier molecular flexibility index (Phi) is 6.09. The maximum atomic E-state index is 13.0. The van der Waals surface area contributed by atoms with Crippen molar-refractivity contribution in [2.45, 2.75) is 6.92 Å². The third kappa shape index (κ3) is 4.45. The maximum absolute atomic E-state index is 13.0. The van der Waals surface area contributed by atoms with E-state index in [1.165, 1.54) is 30.3 Å². The minimum Gasteiger partial charge on any atom is -0.480 e. The number of carboxylic acids is 1. The molecular weight excluding hydrogens is 435 g/mol. The van der Waals surface area contributed by atoms with Gasteiger partial charge in [0.1, 0.15) is 11.3 Å². The molecule has 0 saturated carbocycles. The normalized spacial score (nSPS) is 15.4. The number of carbonyl (C=O) groups is 4. The zero-order valence-corrected chi connectivity index (χ0v) is 17.0. The number of nitrogens with zero attached hydrogens (tertiary/aromatic N) is 1. The van der Waals surface area contributed by atoms with Crippen LogP contribution in [0, 0.1) is 6.92 Å². The van der Waals surface area contributed by atoms with Crippen molar-refractivity contribution < 1.29 is 29.0 Å². The molecule has 2 N–H and O–H groups in total. The van der Waals surface area contributed by atoms with Crippen LogP contribution in [0.3, 0.4) is 0 Å². The van der Waals surface area contributed by atoms with Gasteiger partial charge in [0.25, 0.3) is 11.8 Å². The van der Waals surface area contributed by atoms with Gasteiger partial charge in [0.2, 0.25) is 0 Å². The summed E-state index contributed by atoms with van der Waals surface area (Å²) >= 11 is 12.1. The van der Waals surface area contributed by atoms with Gasteiger partial charge in [-0.25, -0.2) is 14.5 Å². The molecule has 0 unspecified atom stereocenters. The van der Waals surface area contributed by atoms with Crippen LogP contribution in [0.25, 0.3) is 6.08 Å². The number of hydrogen-bond acceptors (Lipinski definition) is 5. The summed E-state index contributed by atoms with van der Waals surface area (Å²) in [6.45, 7) is 1.12. The largest absolute Gasteiger partial charge is 0.480 e. The Morgan fingerprint density at radius 2 is 1.90 bits per heavy atom. The molecule has 0 spiro atoms. The highest BCUT2D eigenvalue weighted by atomic mass is 35.5. The Bertz CT molecular complexity index is 1110. The number of urea groups is 1. The second-order valence-electron chi connectivity index (χ2n) is 6.26. The van der Waals surface area contributed by atoms with Crippen LogP contribution in [0.1, 0.15) is 11.1 Å². The first-order chi connectivity index (χ1) is 14.2. The van der Waals surface area contributed by atoms with Crippen molar-refractivity contribution in [1.29, 1.82) is 0 Å². The van der Waals surface area contributed by atoms with Crippen LogP contribution in [0.4, 0.5) is 10.5 Å². The molecule has 1 fully saturated rings. The lowest BCUT2D eigenvalue weighted by Gasteiger charge is -2.27. The van der Waals surface area contributed by atoms with Crippen LogP contribution in [-0.4, -0.2) is 35.5 Å². The standard InChI is InChI=1S/C20H14Cl2N2O6/c1-10-2-4-12(21)8-15(10)24-19(28)13(18(27)23-20(24)29)6-11-3-5-16(14(22)7-11)30-9-17(25)26/h2-8H,9H2,1H3,(H,25,26)(H,23,27,29)/b13-6+. The second-order valence-corrected chi connectivity index (χ2v) is 7.10. The molecule has 0 aromatic heterocycles. The van der Waals surface area contributed by atoms with Crippen molar-refractivity contribution in [3.05, 3.63) is 63.1 Å². The van der Waals surface area contributed by atoms with Crippen LogP contribution in [-0.2, 0) is 14.4 Å². The average molecular weight is 449 g/mol. The number of aryl methyl sites for hydroxylation is 1. The fraction of sp³-hybridized carbons (Fsp3) is 0.100. The number of carboxylic acid groups (broad SMARTS) is 1. The van der Waals surface area contributed by atoms with E-state index < -0.39 is 30.4 Å². The lowest BCUT2D eigenvalue weighted by atomic mass is 10.1. The SMILES string of the molecule is Cc1ccc(Cl)cc1N1C(=O)NC(=O)/C(=C\c2ccc(OCC(=O)O)c(Cl)c2)C1=O. The van der Waals surface area contributed by atoms with Gasteiger partial charge < -0.3 is 9.84 Å². The molecule has 1 aliphatic heterocycles. The third-order valence-electron chi connectivity index (χ3n) is 4.13. The highest BCUT2D eigenvalue weighted by molar-refractivity contribution is 6.40. The Morgan fingerprint density at radius 1 is 1.17 bits per heavy atom. The molecule has 0 radical (unpaired) electrons. The van der Waals surface area contributed by atoms with Crippen LogP contribution in [0.5, 0.6) is 5.75 Å². The molecular formula is C20H14Cl2N2O6. The van der Waals surface area contributed by atoms with Gasteiger partial charge in [-0.3, -0.25) is 14.9 Å². The monoisotopic (exact) mass is 448 g/mol. The zero-order chi connectivity index (χ0) is 22.0. The fourth-order valence-electron chi connectivity index (χ4n) is 2.73. The van der Waals surface area contributed by atoms with Gasteiger partial charge in [-0.2, -0.15) is 0 Å². The summed E-state index contributed by atoms with van der Waals surface area (Å²) in [7, 11) is 0. The third-order valence-corrected chi connectivity index (χ3v) is 4.66. The van der Waals surface area contributed by atoms with Crippen molar-refractivity contribution in [3.8, 4) is 5.75 Å². The smallest absolute Gasteiger partial charge is 0.341 e. The number of halogens is 2. The van der Waals surface area contributed by atoms with Crippen LogP contribution in [0.2, 0.25) is 10.0 Å². The molecule has 1 saturated heterocycles. The number of amides is 4. The Hall–Kier alpha value is -3.36. The van der Waals surface area contributed by atoms with Crippen LogP contribution >= 0.6 is 23.2 Å². The lowest BCUT2D eigenvalue weighted by Crippen LogP contribution is -2.54. The number of hydrogen-bond donors (Lipinski definition) is 2. The molecule has 0 aliphatic carbocycles. The molecule has 3 rings (SSSR count). The van der Waals surface area contributed by atoms with Crippen molar-refractivity contribution >= 4 is 58.8 Å². The first-order valence-electron chi connectivity index (χ1n) is 8.49. The molecule has 1 heterocycles. The minimum absolute atomic E-state index is 0.0906. The summed E-state index contributed by atoms with van der Waals surface area (Å²) in [6.07, 6.45) is 1.27. The molecule has 0 atom stereocenters. The molecule has 154 valence electrons. The van der Waals surface area contributed by atoms with Gasteiger partial charge in [0, 0.05) is 5.02 Å². The van der Waals surface area contributed by atoms with Gasteiger partial charge in [0.05, 0.1) is 10.7 Å². The van der Waals surface area contributed by atoms with Gasteiger partial charge in [-0.05, 0) is 48.4 Å². The maximum Gasteiger partial charge on any atom is 0.341 e. The van der Waals surface area contributed by atoms with E-state index in [0.717, 1.165) is 4.90 Å². The van der Waals surface area contributed by atoms with Crippen LogP contribution in [0.15, 0.2) is 42.0 Å². The first-order valence-corrected chi connectivity index (χ1v) is 9.24. The number of aliphatic carboxylic acids is 1.